The maximum atomic E-state index is 13.2. The van der Waals surface area contributed by atoms with Gasteiger partial charge < -0.3 is 10.6 Å². The fraction of sp³-hybridized carbons (Fsp3) is 0.222. The Kier molecular flexibility index (Phi) is 3.83. The number of nitrogens with one attached hydrogen (secondary N) is 2. The van der Waals surface area contributed by atoms with Gasteiger partial charge in [-0.05, 0) is 49.2 Å². The second kappa shape index (κ2) is 5.70. The second-order valence-corrected chi connectivity index (χ2v) is 6.27. The van der Waals surface area contributed by atoms with E-state index in [-0.39, 0.29) is 18.0 Å². The van der Waals surface area contributed by atoms with E-state index in [0.29, 0.717) is 0 Å². The van der Waals surface area contributed by atoms with E-state index in [1.807, 2.05) is 19.9 Å². The molecule has 0 aliphatic carbocycles. The van der Waals surface area contributed by atoms with Crippen LogP contribution in [0.5, 0.6) is 0 Å². The first-order chi connectivity index (χ1) is 11.3. The lowest BCUT2D eigenvalue weighted by Crippen LogP contribution is -2.27. The van der Waals surface area contributed by atoms with E-state index < -0.39 is 23.0 Å². The lowest BCUT2D eigenvalue weighted by Gasteiger charge is -2.16. The zero-order valence-corrected chi connectivity index (χ0v) is 13.2. The van der Waals surface area contributed by atoms with Gasteiger partial charge in [0.05, 0.1) is 5.41 Å². The molecular weight excluding hydrogens is 314 g/mol. The molecule has 0 fully saturated rings. The Morgan fingerprint density at radius 1 is 1.12 bits per heavy atom. The number of hydrogen-bond acceptors (Lipinski definition) is 2. The Labute approximate surface area is 137 Å². The molecule has 1 aliphatic heterocycles. The molecule has 0 atom stereocenters. The molecule has 4 nitrogen and oxygen atoms in total. The standard InChI is InChI=1S/C18H16F2N2O2/c1-18(2)12-7-10(3-6-15(12)22-17(18)24)9-21-16(23)11-4-5-13(19)14(20)8-11/h3-8H,9H2,1-2H3,(H,21,23)(H,22,24). The predicted molar refractivity (Wildman–Crippen MR) is 85.6 cm³/mol. The highest BCUT2D eigenvalue weighted by atomic mass is 19.2. The van der Waals surface area contributed by atoms with Crippen LogP contribution in [0.25, 0.3) is 0 Å². The molecule has 0 saturated carbocycles. The zero-order valence-electron chi connectivity index (χ0n) is 13.2. The molecule has 124 valence electrons. The van der Waals surface area contributed by atoms with Crippen LogP contribution in [0.15, 0.2) is 36.4 Å². The zero-order chi connectivity index (χ0) is 17.5. The van der Waals surface area contributed by atoms with E-state index >= 15 is 0 Å². The topological polar surface area (TPSA) is 58.2 Å². The second-order valence-electron chi connectivity index (χ2n) is 6.27. The molecule has 2 N–H and O–H groups in total. The molecule has 0 radical (unpaired) electrons. The van der Waals surface area contributed by atoms with Crippen LogP contribution < -0.4 is 10.6 Å². The van der Waals surface area contributed by atoms with Crippen LogP contribution in [0.4, 0.5) is 14.5 Å². The highest BCUT2D eigenvalue weighted by Gasteiger charge is 2.38. The summed E-state index contributed by atoms with van der Waals surface area (Å²) in [6.45, 7) is 3.88. The largest absolute Gasteiger partial charge is 0.348 e. The van der Waals surface area contributed by atoms with Crippen molar-refractivity contribution in [3.8, 4) is 0 Å². The Morgan fingerprint density at radius 3 is 2.58 bits per heavy atom. The molecule has 0 unspecified atom stereocenters. The van der Waals surface area contributed by atoms with Gasteiger partial charge in [-0.15, -0.1) is 0 Å². The molecule has 2 aromatic carbocycles. The van der Waals surface area contributed by atoms with Gasteiger partial charge in [0.15, 0.2) is 11.6 Å². The van der Waals surface area contributed by atoms with E-state index in [9.17, 15) is 18.4 Å². The van der Waals surface area contributed by atoms with Crippen LogP contribution in [0.1, 0.15) is 35.3 Å². The van der Waals surface area contributed by atoms with Gasteiger partial charge in [0.2, 0.25) is 5.91 Å². The SMILES string of the molecule is CC1(C)C(=O)Nc2ccc(CNC(=O)c3ccc(F)c(F)c3)cc21. The van der Waals surface area contributed by atoms with Gasteiger partial charge in [-0.1, -0.05) is 12.1 Å². The number of carbonyl (C=O) groups excluding carboxylic acids is 2. The normalized spacial score (nSPS) is 14.9. The van der Waals surface area contributed by atoms with Crippen LogP contribution in [-0.2, 0) is 16.8 Å². The number of halogens is 2. The Bertz CT molecular complexity index is 847. The van der Waals surface area contributed by atoms with Crippen molar-refractivity contribution in [2.45, 2.75) is 25.8 Å². The third kappa shape index (κ3) is 2.75. The molecule has 0 aromatic heterocycles. The van der Waals surface area contributed by atoms with Gasteiger partial charge in [-0.2, -0.15) is 0 Å². The predicted octanol–water partition coefficient (Wildman–Crippen LogP) is 3.12. The van der Waals surface area contributed by atoms with Gasteiger partial charge in [0, 0.05) is 17.8 Å². The molecule has 1 aliphatic rings. The quantitative estimate of drug-likeness (QED) is 0.908. The molecule has 1 heterocycles. The number of rotatable bonds is 3. The van der Waals surface area contributed by atoms with Gasteiger partial charge >= 0.3 is 0 Å². The van der Waals surface area contributed by atoms with Crippen molar-refractivity contribution in [2.24, 2.45) is 0 Å². The highest BCUT2D eigenvalue weighted by molar-refractivity contribution is 6.05. The fourth-order valence-electron chi connectivity index (χ4n) is 2.65. The third-order valence-corrected chi connectivity index (χ3v) is 4.21. The molecular formula is C18H16F2N2O2. The summed E-state index contributed by atoms with van der Waals surface area (Å²) in [5.41, 5.74) is 1.87. The van der Waals surface area contributed by atoms with Gasteiger partial charge in [0.25, 0.3) is 5.91 Å². The molecule has 24 heavy (non-hydrogen) atoms. The Hall–Kier alpha value is -2.76. The smallest absolute Gasteiger partial charge is 0.251 e. The summed E-state index contributed by atoms with van der Waals surface area (Å²) in [5.74, 6) is -2.63. The maximum absolute atomic E-state index is 13.2. The van der Waals surface area contributed by atoms with E-state index in [4.69, 9.17) is 0 Å². The van der Waals surface area contributed by atoms with Crippen LogP contribution >= 0.6 is 0 Å². The van der Waals surface area contributed by atoms with Crippen LogP contribution in [0.3, 0.4) is 0 Å². The number of anilines is 1. The number of hydrogen-bond donors (Lipinski definition) is 2. The van der Waals surface area contributed by atoms with Crippen molar-refractivity contribution in [3.05, 3.63) is 64.7 Å². The summed E-state index contributed by atoms with van der Waals surface area (Å²) >= 11 is 0. The lowest BCUT2D eigenvalue weighted by atomic mass is 9.85. The average Bonchev–Trinajstić information content (AvgIpc) is 2.77. The van der Waals surface area contributed by atoms with E-state index in [1.165, 1.54) is 6.07 Å². The summed E-state index contributed by atoms with van der Waals surface area (Å²) in [6, 6.07) is 8.45. The Morgan fingerprint density at radius 2 is 1.88 bits per heavy atom. The van der Waals surface area contributed by atoms with Crippen LogP contribution in [-0.4, -0.2) is 11.8 Å². The fourth-order valence-corrected chi connectivity index (χ4v) is 2.65. The number of amides is 2. The number of fused-ring (bicyclic) bond motifs is 1. The summed E-state index contributed by atoms with van der Waals surface area (Å²) in [5, 5.41) is 5.47. The first-order valence-electron chi connectivity index (χ1n) is 7.47. The molecule has 2 amide bonds. The van der Waals surface area contributed by atoms with Crippen molar-refractivity contribution in [1.82, 2.24) is 5.32 Å². The van der Waals surface area contributed by atoms with Crippen molar-refractivity contribution in [1.29, 1.82) is 0 Å². The molecule has 2 aromatic rings. The summed E-state index contributed by atoms with van der Waals surface area (Å²) in [7, 11) is 0. The number of benzene rings is 2. The van der Waals surface area contributed by atoms with Crippen molar-refractivity contribution < 1.29 is 18.4 Å². The average molecular weight is 330 g/mol. The highest BCUT2D eigenvalue weighted by Crippen LogP contribution is 2.37. The summed E-state index contributed by atoms with van der Waals surface area (Å²) < 4.78 is 26.1. The summed E-state index contributed by atoms with van der Waals surface area (Å²) in [4.78, 5) is 24.0. The van der Waals surface area contributed by atoms with Crippen LogP contribution in [0.2, 0.25) is 0 Å². The molecule has 0 saturated heterocycles. The van der Waals surface area contributed by atoms with Gasteiger partial charge in [-0.3, -0.25) is 9.59 Å². The van der Waals surface area contributed by atoms with E-state index in [1.54, 1.807) is 12.1 Å². The van der Waals surface area contributed by atoms with Gasteiger partial charge in [0.1, 0.15) is 0 Å². The lowest BCUT2D eigenvalue weighted by molar-refractivity contribution is -0.119. The maximum Gasteiger partial charge on any atom is 0.251 e. The van der Waals surface area contributed by atoms with Crippen molar-refractivity contribution >= 4 is 17.5 Å². The van der Waals surface area contributed by atoms with Crippen molar-refractivity contribution in [2.75, 3.05) is 5.32 Å². The first-order valence-corrected chi connectivity index (χ1v) is 7.47. The number of carbonyl (C=O) groups is 2. The minimum absolute atomic E-state index is 0.0484. The Balaban J connectivity index is 1.74. The summed E-state index contributed by atoms with van der Waals surface area (Å²) in [6.07, 6.45) is 0. The molecule has 0 spiro atoms. The minimum Gasteiger partial charge on any atom is -0.348 e. The first kappa shape index (κ1) is 16.1. The van der Waals surface area contributed by atoms with Gasteiger partial charge in [-0.25, -0.2) is 8.78 Å². The van der Waals surface area contributed by atoms with Crippen molar-refractivity contribution in [3.63, 3.8) is 0 Å². The molecule has 6 heteroatoms. The van der Waals surface area contributed by atoms with E-state index in [2.05, 4.69) is 10.6 Å². The van der Waals surface area contributed by atoms with Crippen LogP contribution in [0, 0.1) is 11.6 Å². The molecule has 3 rings (SSSR count). The third-order valence-electron chi connectivity index (χ3n) is 4.21. The monoisotopic (exact) mass is 330 g/mol. The molecule has 0 bridgehead atoms. The minimum atomic E-state index is -1.06. The van der Waals surface area contributed by atoms with E-state index in [0.717, 1.165) is 28.9 Å².